The number of nitrogens with zero attached hydrogens (tertiary/aromatic N) is 1. The molecule has 90 valence electrons. The Kier molecular flexibility index (Phi) is 6.31. The lowest BCUT2D eigenvalue weighted by molar-refractivity contribution is 0.632. The lowest BCUT2D eigenvalue weighted by atomic mass is 10.2. The van der Waals surface area contributed by atoms with Crippen LogP contribution in [0.25, 0.3) is 0 Å². The molecule has 0 atom stereocenters. The summed E-state index contributed by atoms with van der Waals surface area (Å²) in [6.07, 6.45) is 3.19. The Balaban J connectivity index is 2.33. The molecule has 0 aromatic carbocycles. The summed E-state index contributed by atoms with van der Waals surface area (Å²) >= 11 is 2.01. The first-order valence-corrected chi connectivity index (χ1v) is 7.14. The molecule has 16 heavy (non-hydrogen) atoms. The summed E-state index contributed by atoms with van der Waals surface area (Å²) in [6, 6.07) is 4.25. The van der Waals surface area contributed by atoms with Gasteiger partial charge in [-0.1, -0.05) is 13.8 Å². The summed E-state index contributed by atoms with van der Waals surface area (Å²) in [6.45, 7) is 7.56. The summed E-state index contributed by atoms with van der Waals surface area (Å²) in [5.41, 5.74) is 1.36. The van der Waals surface area contributed by atoms with Crippen molar-refractivity contribution in [2.75, 3.05) is 17.6 Å². The second-order valence-corrected chi connectivity index (χ2v) is 5.42. The number of pyridine rings is 1. The number of hydrogen-bond donors (Lipinski definition) is 1. The molecule has 1 aromatic rings. The largest absolute Gasteiger partial charge is 0.370 e. The average Bonchev–Trinajstić information content (AvgIpc) is 2.25. The third-order valence-corrected chi connectivity index (χ3v) is 3.35. The zero-order valence-corrected chi connectivity index (χ0v) is 11.3. The Labute approximate surface area is 103 Å². The SMILES string of the molecule is CCNc1cc(CSCCC(C)C)ccn1. The van der Waals surface area contributed by atoms with Gasteiger partial charge >= 0.3 is 0 Å². The molecule has 0 unspecified atom stereocenters. The van der Waals surface area contributed by atoms with E-state index in [4.69, 9.17) is 0 Å². The lowest BCUT2D eigenvalue weighted by Gasteiger charge is -2.06. The van der Waals surface area contributed by atoms with E-state index < -0.39 is 0 Å². The van der Waals surface area contributed by atoms with Crippen molar-refractivity contribution in [3.05, 3.63) is 23.9 Å². The molecule has 0 spiro atoms. The van der Waals surface area contributed by atoms with Crippen LogP contribution in [0.3, 0.4) is 0 Å². The predicted octanol–water partition coefficient (Wildman–Crippen LogP) is 3.79. The molecule has 0 fully saturated rings. The van der Waals surface area contributed by atoms with Crippen LogP contribution in [0.1, 0.15) is 32.8 Å². The molecule has 0 saturated carbocycles. The van der Waals surface area contributed by atoms with Gasteiger partial charge in [-0.3, -0.25) is 0 Å². The third-order valence-electron chi connectivity index (χ3n) is 2.29. The van der Waals surface area contributed by atoms with Crippen molar-refractivity contribution in [1.82, 2.24) is 4.98 Å². The summed E-state index contributed by atoms with van der Waals surface area (Å²) < 4.78 is 0. The zero-order valence-electron chi connectivity index (χ0n) is 10.5. The van der Waals surface area contributed by atoms with Gasteiger partial charge in [0, 0.05) is 18.5 Å². The fourth-order valence-electron chi connectivity index (χ4n) is 1.35. The third kappa shape index (κ3) is 5.40. The fraction of sp³-hybridized carbons (Fsp3) is 0.615. The quantitative estimate of drug-likeness (QED) is 0.732. The van der Waals surface area contributed by atoms with Crippen molar-refractivity contribution in [3.63, 3.8) is 0 Å². The number of rotatable bonds is 7. The molecule has 0 radical (unpaired) electrons. The van der Waals surface area contributed by atoms with Crippen molar-refractivity contribution in [2.45, 2.75) is 32.9 Å². The molecule has 0 aliphatic heterocycles. The van der Waals surface area contributed by atoms with Gasteiger partial charge in [0.1, 0.15) is 5.82 Å². The van der Waals surface area contributed by atoms with E-state index in [1.54, 1.807) is 0 Å². The highest BCUT2D eigenvalue weighted by molar-refractivity contribution is 7.98. The first-order chi connectivity index (χ1) is 7.72. The molecule has 0 aliphatic carbocycles. The Hall–Kier alpha value is -0.700. The fourth-order valence-corrected chi connectivity index (χ4v) is 2.55. The summed E-state index contributed by atoms with van der Waals surface area (Å²) in [7, 11) is 0. The minimum atomic E-state index is 0.808. The van der Waals surface area contributed by atoms with E-state index in [1.165, 1.54) is 17.7 Å². The Morgan fingerprint density at radius 2 is 2.25 bits per heavy atom. The van der Waals surface area contributed by atoms with E-state index in [9.17, 15) is 0 Å². The van der Waals surface area contributed by atoms with Gasteiger partial charge in [-0.25, -0.2) is 4.98 Å². The Morgan fingerprint density at radius 1 is 1.44 bits per heavy atom. The minimum Gasteiger partial charge on any atom is -0.370 e. The standard InChI is InChI=1S/C13H22N2S/c1-4-14-13-9-12(5-7-15-13)10-16-8-6-11(2)3/h5,7,9,11H,4,6,8,10H2,1-3H3,(H,14,15). The van der Waals surface area contributed by atoms with Gasteiger partial charge in [0.2, 0.25) is 0 Å². The van der Waals surface area contributed by atoms with Crippen LogP contribution >= 0.6 is 11.8 Å². The van der Waals surface area contributed by atoms with Crippen LogP contribution in [0.2, 0.25) is 0 Å². The molecule has 1 aromatic heterocycles. The molecular weight excluding hydrogens is 216 g/mol. The number of hydrogen-bond acceptors (Lipinski definition) is 3. The maximum atomic E-state index is 4.27. The number of thioether (sulfide) groups is 1. The van der Waals surface area contributed by atoms with Crippen LogP contribution in [0.4, 0.5) is 5.82 Å². The van der Waals surface area contributed by atoms with Crippen LogP contribution in [-0.2, 0) is 5.75 Å². The van der Waals surface area contributed by atoms with E-state index in [-0.39, 0.29) is 0 Å². The predicted molar refractivity (Wildman–Crippen MR) is 74.0 cm³/mol. The molecule has 0 amide bonds. The van der Waals surface area contributed by atoms with Crippen LogP contribution in [-0.4, -0.2) is 17.3 Å². The van der Waals surface area contributed by atoms with Crippen molar-refractivity contribution in [2.24, 2.45) is 5.92 Å². The molecular formula is C13H22N2S. The number of nitrogens with one attached hydrogen (secondary N) is 1. The van der Waals surface area contributed by atoms with E-state index >= 15 is 0 Å². The second kappa shape index (κ2) is 7.55. The smallest absolute Gasteiger partial charge is 0.126 e. The van der Waals surface area contributed by atoms with E-state index in [2.05, 4.69) is 43.2 Å². The molecule has 0 saturated heterocycles. The van der Waals surface area contributed by atoms with Gasteiger partial charge in [-0.2, -0.15) is 11.8 Å². The molecule has 0 aliphatic rings. The normalized spacial score (nSPS) is 10.8. The van der Waals surface area contributed by atoms with Crippen molar-refractivity contribution in [3.8, 4) is 0 Å². The summed E-state index contributed by atoms with van der Waals surface area (Å²) in [5, 5.41) is 3.24. The van der Waals surface area contributed by atoms with Gasteiger partial charge in [0.15, 0.2) is 0 Å². The molecule has 1 N–H and O–H groups in total. The Bertz CT molecular complexity index is 300. The topological polar surface area (TPSA) is 24.9 Å². The van der Waals surface area contributed by atoms with Crippen molar-refractivity contribution in [1.29, 1.82) is 0 Å². The van der Waals surface area contributed by atoms with Gasteiger partial charge in [-0.05, 0) is 42.7 Å². The van der Waals surface area contributed by atoms with E-state index in [0.717, 1.165) is 24.0 Å². The van der Waals surface area contributed by atoms with E-state index in [0.29, 0.717) is 0 Å². The van der Waals surface area contributed by atoms with Crippen molar-refractivity contribution < 1.29 is 0 Å². The van der Waals surface area contributed by atoms with Crippen LogP contribution < -0.4 is 5.32 Å². The van der Waals surface area contributed by atoms with Crippen molar-refractivity contribution >= 4 is 17.6 Å². The maximum absolute atomic E-state index is 4.27. The highest BCUT2D eigenvalue weighted by Crippen LogP contribution is 2.16. The zero-order chi connectivity index (χ0) is 11.8. The van der Waals surface area contributed by atoms with Gasteiger partial charge in [-0.15, -0.1) is 0 Å². The molecule has 1 rings (SSSR count). The molecule has 1 heterocycles. The maximum Gasteiger partial charge on any atom is 0.126 e. The number of anilines is 1. The van der Waals surface area contributed by atoms with Gasteiger partial charge in [0.25, 0.3) is 0 Å². The molecule has 2 nitrogen and oxygen atoms in total. The molecule has 3 heteroatoms. The first-order valence-electron chi connectivity index (χ1n) is 5.99. The molecule has 0 bridgehead atoms. The van der Waals surface area contributed by atoms with Gasteiger partial charge < -0.3 is 5.32 Å². The minimum absolute atomic E-state index is 0.808. The number of aromatic nitrogens is 1. The van der Waals surface area contributed by atoms with E-state index in [1.807, 2.05) is 18.0 Å². The van der Waals surface area contributed by atoms with Crippen LogP contribution in [0.15, 0.2) is 18.3 Å². The lowest BCUT2D eigenvalue weighted by Crippen LogP contribution is -1.99. The summed E-state index contributed by atoms with van der Waals surface area (Å²) in [4.78, 5) is 4.27. The highest BCUT2D eigenvalue weighted by Gasteiger charge is 1.98. The van der Waals surface area contributed by atoms with Crippen LogP contribution in [0.5, 0.6) is 0 Å². The first kappa shape index (κ1) is 13.4. The second-order valence-electron chi connectivity index (χ2n) is 4.31. The highest BCUT2D eigenvalue weighted by atomic mass is 32.2. The average molecular weight is 238 g/mol. The monoisotopic (exact) mass is 238 g/mol. The Morgan fingerprint density at radius 3 is 2.94 bits per heavy atom. The summed E-state index contributed by atoms with van der Waals surface area (Å²) in [5.74, 6) is 4.14. The van der Waals surface area contributed by atoms with Gasteiger partial charge in [0.05, 0.1) is 0 Å². The van der Waals surface area contributed by atoms with Crippen LogP contribution in [0, 0.1) is 5.92 Å².